The van der Waals surface area contributed by atoms with E-state index in [-0.39, 0.29) is 23.0 Å². The third-order valence-corrected chi connectivity index (χ3v) is 7.19. The SMILES string of the molecule is COC1CCC(CSC(C)=O)(C(=O)N[C@@H](Cc2ccccc2)C(=O)Nc2cccnc2)CC1. The molecule has 1 aliphatic rings. The predicted molar refractivity (Wildman–Crippen MR) is 130 cm³/mol. The lowest BCUT2D eigenvalue weighted by molar-refractivity contribution is -0.136. The van der Waals surface area contributed by atoms with Crippen molar-refractivity contribution in [2.45, 2.75) is 51.2 Å². The lowest BCUT2D eigenvalue weighted by atomic mass is 9.73. The zero-order valence-electron chi connectivity index (χ0n) is 19.1. The van der Waals surface area contributed by atoms with Gasteiger partial charge in [0.1, 0.15) is 6.04 Å². The Morgan fingerprint density at radius 2 is 1.88 bits per heavy atom. The number of amides is 2. The fourth-order valence-corrected chi connectivity index (χ4v) is 4.99. The van der Waals surface area contributed by atoms with Crippen LogP contribution >= 0.6 is 11.8 Å². The molecule has 1 aromatic heterocycles. The first-order valence-corrected chi connectivity index (χ1v) is 12.1. The molecular weight excluding hydrogens is 438 g/mol. The molecule has 176 valence electrons. The number of hydrogen-bond acceptors (Lipinski definition) is 6. The molecule has 2 N–H and O–H groups in total. The number of ether oxygens (including phenoxy) is 1. The normalized spacial score (nSPS) is 21.1. The van der Waals surface area contributed by atoms with E-state index in [0.29, 0.717) is 30.7 Å². The van der Waals surface area contributed by atoms with E-state index in [4.69, 9.17) is 4.74 Å². The van der Waals surface area contributed by atoms with Crippen molar-refractivity contribution in [3.8, 4) is 0 Å². The minimum absolute atomic E-state index is 0.0220. The lowest BCUT2D eigenvalue weighted by Gasteiger charge is -2.39. The third-order valence-electron chi connectivity index (χ3n) is 6.09. The molecule has 0 bridgehead atoms. The summed E-state index contributed by atoms with van der Waals surface area (Å²) in [6.45, 7) is 1.51. The van der Waals surface area contributed by atoms with Crippen LogP contribution in [0.3, 0.4) is 0 Å². The van der Waals surface area contributed by atoms with Crippen LogP contribution in [-0.2, 0) is 25.5 Å². The average Bonchev–Trinajstić information content (AvgIpc) is 2.83. The fraction of sp³-hybridized carbons (Fsp3) is 0.440. The van der Waals surface area contributed by atoms with E-state index in [1.54, 1.807) is 31.6 Å². The second-order valence-corrected chi connectivity index (χ2v) is 9.59. The largest absolute Gasteiger partial charge is 0.381 e. The molecule has 1 aromatic carbocycles. The number of methoxy groups -OCH3 is 1. The van der Waals surface area contributed by atoms with Crippen molar-refractivity contribution in [1.29, 1.82) is 0 Å². The van der Waals surface area contributed by atoms with Crippen molar-refractivity contribution in [1.82, 2.24) is 10.3 Å². The average molecular weight is 470 g/mol. The third kappa shape index (κ3) is 7.14. The van der Waals surface area contributed by atoms with Crippen molar-refractivity contribution in [2.75, 3.05) is 18.2 Å². The summed E-state index contributed by atoms with van der Waals surface area (Å²) in [6, 6.07) is 12.3. The second kappa shape index (κ2) is 12.0. The smallest absolute Gasteiger partial charge is 0.247 e. The van der Waals surface area contributed by atoms with Gasteiger partial charge in [0.2, 0.25) is 11.8 Å². The summed E-state index contributed by atoms with van der Waals surface area (Å²) in [5.41, 5.74) is 0.797. The number of thioether (sulfide) groups is 1. The number of benzene rings is 1. The van der Waals surface area contributed by atoms with Gasteiger partial charge in [0, 0.05) is 32.4 Å². The van der Waals surface area contributed by atoms with Crippen molar-refractivity contribution in [3.05, 3.63) is 60.4 Å². The standard InChI is InChI=1S/C25H31N3O4S/c1-18(29)33-17-25(12-10-21(32-2)11-13-25)24(31)28-22(15-19-7-4-3-5-8-19)23(30)27-20-9-6-14-26-16-20/h3-9,14,16,21-22H,10-13,15,17H2,1-2H3,(H,27,30)(H,28,31)/t21?,22-,25?/m0/s1. The van der Waals surface area contributed by atoms with Crippen LogP contribution in [-0.4, -0.2) is 46.9 Å². The summed E-state index contributed by atoms with van der Waals surface area (Å²) >= 11 is 1.17. The highest BCUT2D eigenvalue weighted by molar-refractivity contribution is 8.13. The quantitative estimate of drug-likeness (QED) is 0.582. The summed E-state index contributed by atoms with van der Waals surface area (Å²) in [5.74, 6) is -0.0967. The molecule has 1 atom stereocenters. The summed E-state index contributed by atoms with van der Waals surface area (Å²) in [6.07, 6.45) is 6.38. The zero-order valence-corrected chi connectivity index (χ0v) is 19.9. The molecule has 1 heterocycles. The van der Waals surface area contributed by atoms with Crippen molar-refractivity contribution < 1.29 is 19.1 Å². The number of carbonyl (C=O) groups is 3. The topological polar surface area (TPSA) is 97.4 Å². The predicted octanol–water partition coefficient (Wildman–Crippen LogP) is 3.60. The monoisotopic (exact) mass is 469 g/mol. The molecule has 0 spiro atoms. The Labute approximate surface area is 199 Å². The maximum Gasteiger partial charge on any atom is 0.247 e. The molecule has 0 saturated heterocycles. The Kier molecular flexibility index (Phi) is 9.03. The number of carbonyl (C=O) groups excluding carboxylic acids is 3. The first kappa shape index (κ1) is 24.9. The molecule has 1 fully saturated rings. The van der Waals surface area contributed by atoms with Crippen LogP contribution in [0.4, 0.5) is 5.69 Å². The maximum atomic E-state index is 13.6. The maximum absolute atomic E-state index is 13.6. The van der Waals surface area contributed by atoms with Crippen LogP contribution in [0.25, 0.3) is 0 Å². The van der Waals surface area contributed by atoms with Gasteiger partial charge in [-0.15, -0.1) is 0 Å². The van der Waals surface area contributed by atoms with E-state index in [1.807, 2.05) is 30.3 Å². The summed E-state index contributed by atoms with van der Waals surface area (Å²) < 4.78 is 5.48. The van der Waals surface area contributed by atoms with Gasteiger partial charge in [-0.3, -0.25) is 19.4 Å². The molecule has 1 saturated carbocycles. The Hall–Kier alpha value is -2.71. The Morgan fingerprint density at radius 1 is 1.15 bits per heavy atom. The van der Waals surface area contributed by atoms with Crippen molar-refractivity contribution in [3.63, 3.8) is 0 Å². The summed E-state index contributed by atoms with van der Waals surface area (Å²) in [7, 11) is 1.68. The second-order valence-electron chi connectivity index (χ2n) is 8.44. The Bertz CT molecular complexity index is 931. The number of pyridine rings is 1. The highest BCUT2D eigenvalue weighted by Crippen LogP contribution is 2.40. The van der Waals surface area contributed by atoms with Gasteiger partial charge in [0.15, 0.2) is 5.12 Å². The van der Waals surface area contributed by atoms with Gasteiger partial charge in [0.05, 0.1) is 23.4 Å². The van der Waals surface area contributed by atoms with Crippen LogP contribution in [0, 0.1) is 5.41 Å². The molecule has 0 unspecified atom stereocenters. The minimum atomic E-state index is -0.764. The molecule has 1 aliphatic carbocycles. The summed E-state index contributed by atoms with van der Waals surface area (Å²) in [4.78, 5) is 42.5. The number of nitrogens with one attached hydrogen (secondary N) is 2. The van der Waals surface area contributed by atoms with E-state index >= 15 is 0 Å². The van der Waals surface area contributed by atoms with Crippen molar-refractivity contribution >= 4 is 34.4 Å². The molecule has 2 aromatic rings. The van der Waals surface area contributed by atoms with E-state index in [1.165, 1.54) is 18.7 Å². The zero-order chi connectivity index (χ0) is 23.7. The Balaban J connectivity index is 1.79. The van der Waals surface area contributed by atoms with Gasteiger partial charge in [-0.2, -0.15) is 0 Å². The van der Waals surface area contributed by atoms with Gasteiger partial charge >= 0.3 is 0 Å². The molecule has 0 radical (unpaired) electrons. The van der Waals surface area contributed by atoms with Crippen LogP contribution in [0.2, 0.25) is 0 Å². The Morgan fingerprint density at radius 3 is 2.48 bits per heavy atom. The molecule has 7 nitrogen and oxygen atoms in total. The van der Waals surface area contributed by atoms with Gasteiger partial charge < -0.3 is 15.4 Å². The first-order chi connectivity index (χ1) is 15.9. The number of hydrogen-bond donors (Lipinski definition) is 2. The highest BCUT2D eigenvalue weighted by atomic mass is 32.2. The minimum Gasteiger partial charge on any atom is -0.381 e. The van der Waals surface area contributed by atoms with Crippen LogP contribution in [0.5, 0.6) is 0 Å². The number of nitrogens with zero attached hydrogens (tertiary/aromatic N) is 1. The molecule has 2 amide bonds. The van der Waals surface area contributed by atoms with Gasteiger partial charge in [-0.05, 0) is 43.4 Å². The van der Waals surface area contributed by atoms with E-state index in [9.17, 15) is 14.4 Å². The van der Waals surface area contributed by atoms with E-state index < -0.39 is 11.5 Å². The molecule has 0 aliphatic heterocycles. The molecular formula is C25H31N3O4S. The number of aromatic nitrogens is 1. The number of rotatable bonds is 9. The number of anilines is 1. The highest BCUT2D eigenvalue weighted by Gasteiger charge is 2.43. The first-order valence-electron chi connectivity index (χ1n) is 11.1. The van der Waals surface area contributed by atoms with E-state index in [0.717, 1.165) is 18.4 Å². The van der Waals surface area contributed by atoms with Gasteiger partial charge in [0.25, 0.3) is 0 Å². The van der Waals surface area contributed by atoms with Gasteiger partial charge in [-0.1, -0.05) is 42.1 Å². The molecule has 8 heteroatoms. The van der Waals surface area contributed by atoms with Gasteiger partial charge in [-0.25, -0.2) is 0 Å². The van der Waals surface area contributed by atoms with Crippen molar-refractivity contribution in [2.24, 2.45) is 5.41 Å². The van der Waals surface area contributed by atoms with E-state index in [2.05, 4.69) is 15.6 Å². The van der Waals surface area contributed by atoms with Crippen LogP contribution in [0.15, 0.2) is 54.9 Å². The van der Waals surface area contributed by atoms with Crippen LogP contribution in [0.1, 0.15) is 38.2 Å². The van der Waals surface area contributed by atoms with Crippen LogP contribution < -0.4 is 10.6 Å². The molecule has 33 heavy (non-hydrogen) atoms. The lowest BCUT2D eigenvalue weighted by Crippen LogP contribution is -2.53. The molecule has 3 rings (SSSR count). The fourth-order valence-electron chi connectivity index (χ4n) is 4.09. The summed E-state index contributed by atoms with van der Waals surface area (Å²) in [5, 5.41) is 5.85.